The molecule has 0 heterocycles. The fourth-order valence-corrected chi connectivity index (χ4v) is 1.60. The van der Waals surface area contributed by atoms with Gasteiger partial charge in [-0.05, 0) is 38.2 Å². The van der Waals surface area contributed by atoms with Crippen LogP contribution in [-0.4, -0.2) is 45.7 Å². The second kappa shape index (κ2) is 7.25. The van der Waals surface area contributed by atoms with Crippen LogP contribution < -0.4 is 10.1 Å². The molecule has 0 atom stereocenters. The monoisotopic (exact) mass is 240 g/mol. The molecule has 96 valence electrons. The first kappa shape index (κ1) is 13.9. The normalized spacial score (nSPS) is 10.9. The quantitative estimate of drug-likeness (QED) is 0.782. The van der Waals surface area contributed by atoms with Crippen LogP contribution >= 0.6 is 0 Å². The highest BCUT2D eigenvalue weighted by Gasteiger charge is 2.04. The van der Waals surface area contributed by atoms with Crippen LogP contribution in [0.1, 0.15) is 5.56 Å². The summed E-state index contributed by atoms with van der Waals surface area (Å²) in [5, 5.41) is 3.10. The molecule has 0 fully saturated rings. The third-order valence-corrected chi connectivity index (χ3v) is 2.74. The summed E-state index contributed by atoms with van der Waals surface area (Å²) < 4.78 is 18.3. The fraction of sp³-hybridized carbons (Fsp3) is 0.538. The van der Waals surface area contributed by atoms with Crippen molar-refractivity contribution in [3.8, 4) is 5.75 Å². The van der Waals surface area contributed by atoms with Gasteiger partial charge < -0.3 is 15.0 Å². The van der Waals surface area contributed by atoms with Crippen LogP contribution in [-0.2, 0) is 6.42 Å². The number of methoxy groups -OCH3 is 1. The summed E-state index contributed by atoms with van der Waals surface area (Å²) in [4.78, 5) is 2.22. The van der Waals surface area contributed by atoms with Crippen molar-refractivity contribution in [2.45, 2.75) is 6.42 Å². The van der Waals surface area contributed by atoms with Crippen molar-refractivity contribution < 1.29 is 9.13 Å². The zero-order valence-electron chi connectivity index (χ0n) is 10.8. The molecular formula is C13H21FN2O. The van der Waals surface area contributed by atoms with Crippen molar-refractivity contribution in [2.75, 3.05) is 40.8 Å². The summed E-state index contributed by atoms with van der Waals surface area (Å²) >= 11 is 0. The minimum atomic E-state index is -0.289. The van der Waals surface area contributed by atoms with Crippen molar-refractivity contribution in [3.63, 3.8) is 0 Å². The number of hydrogen-bond donors (Lipinski definition) is 1. The first-order valence-electron chi connectivity index (χ1n) is 5.83. The number of benzene rings is 1. The first-order chi connectivity index (χ1) is 8.17. The highest BCUT2D eigenvalue weighted by molar-refractivity contribution is 5.29. The maximum Gasteiger partial charge on any atom is 0.165 e. The van der Waals surface area contributed by atoms with E-state index in [0.29, 0.717) is 5.75 Å². The number of likely N-dealkylation sites (N-methyl/N-ethyl adjacent to an activating group) is 2. The van der Waals surface area contributed by atoms with Crippen molar-refractivity contribution in [1.29, 1.82) is 0 Å². The number of nitrogens with zero attached hydrogens (tertiary/aromatic N) is 1. The van der Waals surface area contributed by atoms with E-state index in [9.17, 15) is 4.39 Å². The zero-order chi connectivity index (χ0) is 12.7. The predicted octanol–water partition coefficient (Wildman–Crippen LogP) is 1.53. The Balaban J connectivity index is 2.44. The maximum absolute atomic E-state index is 13.4. The Labute approximate surface area is 103 Å². The molecule has 0 saturated carbocycles. The molecule has 0 aromatic heterocycles. The van der Waals surface area contributed by atoms with Crippen LogP contribution in [0.5, 0.6) is 5.75 Å². The van der Waals surface area contributed by atoms with Gasteiger partial charge in [0.15, 0.2) is 11.6 Å². The van der Waals surface area contributed by atoms with E-state index in [4.69, 9.17) is 4.74 Å². The van der Waals surface area contributed by atoms with E-state index in [-0.39, 0.29) is 5.82 Å². The van der Waals surface area contributed by atoms with Crippen LogP contribution in [0, 0.1) is 5.82 Å². The van der Waals surface area contributed by atoms with Crippen LogP contribution in [0.3, 0.4) is 0 Å². The molecule has 0 saturated heterocycles. The van der Waals surface area contributed by atoms with Crippen molar-refractivity contribution in [1.82, 2.24) is 10.2 Å². The van der Waals surface area contributed by atoms with E-state index >= 15 is 0 Å². The molecular weight excluding hydrogens is 219 g/mol. The van der Waals surface area contributed by atoms with Crippen LogP contribution in [0.15, 0.2) is 18.2 Å². The second-order valence-corrected chi connectivity index (χ2v) is 4.13. The molecule has 1 aromatic carbocycles. The van der Waals surface area contributed by atoms with E-state index in [1.54, 1.807) is 12.1 Å². The molecule has 4 heteroatoms. The van der Waals surface area contributed by atoms with Gasteiger partial charge in [0, 0.05) is 19.6 Å². The van der Waals surface area contributed by atoms with E-state index in [0.717, 1.165) is 31.6 Å². The summed E-state index contributed by atoms with van der Waals surface area (Å²) in [6.45, 7) is 2.88. The molecule has 0 aliphatic heterocycles. The van der Waals surface area contributed by atoms with Crippen LogP contribution in [0.4, 0.5) is 4.39 Å². The lowest BCUT2D eigenvalue weighted by Crippen LogP contribution is -2.29. The van der Waals surface area contributed by atoms with E-state index in [1.807, 2.05) is 13.1 Å². The molecule has 0 bridgehead atoms. The number of nitrogens with one attached hydrogen (secondary N) is 1. The number of hydrogen-bond acceptors (Lipinski definition) is 3. The fourth-order valence-electron chi connectivity index (χ4n) is 1.60. The Kier molecular flexibility index (Phi) is 5.94. The van der Waals surface area contributed by atoms with Gasteiger partial charge in [-0.3, -0.25) is 0 Å². The minimum Gasteiger partial charge on any atom is -0.494 e. The van der Waals surface area contributed by atoms with Gasteiger partial charge in [0.05, 0.1) is 7.11 Å². The molecule has 3 nitrogen and oxygen atoms in total. The Bertz CT molecular complexity index is 344. The average molecular weight is 240 g/mol. The van der Waals surface area contributed by atoms with E-state index in [1.165, 1.54) is 7.11 Å². The topological polar surface area (TPSA) is 24.5 Å². The Hall–Kier alpha value is -1.13. The lowest BCUT2D eigenvalue weighted by molar-refractivity contribution is 0.339. The first-order valence-corrected chi connectivity index (χ1v) is 5.83. The van der Waals surface area contributed by atoms with Gasteiger partial charge in [-0.25, -0.2) is 4.39 Å². The molecule has 0 spiro atoms. The summed E-state index contributed by atoms with van der Waals surface area (Å²) in [7, 11) is 5.48. The predicted molar refractivity (Wildman–Crippen MR) is 68.1 cm³/mol. The Morgan fingerprint density at radius 3 is 2.71 bits per heavy atom. The largest absolute Gasteiger partial charge is 0.494 e. The van der Waals surface area contributed by atoms with Gasteiger partial charge in [0.1, 0.15) is 0 Å². The summed E-state index contributed by atoms with van der Waals surface area (Å²) in [5.41, 5.74) is 1.000. The van der Waals surface area contributed by atoms with E-state index in [2.05, 4.69) is 17.3 Å². The third kappa shape index (κ3) is 4.71. The molecule has 1 N–H and O–H groups in total. The SMILES string of the molecule is CNCCN(C)CCc1ccc(OC)c(F)c1. The van der Waals surface area contributed by atoms with Crippen molar-refractivity contribution in [2.24, 2.45) is 0 Å². The number of ether oxygens (including phenoxy) is 1. The molecule has 0 amide bonds. The van der Waals surface area contributed by atoms with Gasteiger partial charge in [0.25, 0.3) is 0 Å². The van der Waals surface area contributed by atoms with Crippen LogP contribution in [0.25, 0.3) is 0 Å². The molecule has 0 unspecified atom stereocenters. The van der Waals surface area contributed by atoms with Crippen molar-refractivity contribution >= 4 is 0 Å². The Morgan fingerprint density at radius 1 is 1.35 bits per heavy atom. The summed E-state index contributed by atoms with van der Waals surface area (Å²) in [6, 6.07) is 5.14. The Morgan fingerprint density at radius 2 is 2.12 bits per heavy atom. The van der Waals surface area contributed by atoms with Crippen LogP contribution in [0.2, 0.25) is 0 Å². The lowest BCUT2D eigenvalue weighted by Gasteiger charge is -2.16. The van der Waals surface area contributed by atoms with Gasteiger partial charge in [-0.1, -0.05) is 6.07 Å². The molecule has 0 aliphatic rings. The molecule has 1 aromatic rings. The average Bonchev–Trinajstić information content (AvgIpc) is 2.34. The number of halogens is 1. The third-order valence-electron chi connectivity index (χ3n) is 2.74. The molecule has 17 heavy (non-hydrogen) atoms. The molecule has 0 aliphatic carbocycles. The second-order valence-electron chi connectivity index (χ2n) is 4.13. The summed E-state index contributed by atoms with van der Waals surface area (Å²) in [6.07, 6.45) is 0.848. The highest BCUT2D eigenvalue weighted by Crippen LogP contribution is 2.17. The highest BCUT2D eigenvalue weighted by atomic mass is 19.1. The zero-order valence-corrected chi connectivity index (χ0v) is 10.8. The van der Waals surface area contributed by atoms with Crippen molar-refractivity contribution in [3.05, 3.63) is 29.6 Å². The summed E-state index contributed by atoms with van der Waals surface area (Å²) in [5.74, 6) is 0.0140. The van der Waals surface area contributed by atoms with E-state index < -0.39 is 0 Å². The standard InChI is InChI=1S/C13H21FN2O/c1-15-7-9-16(2)8-6-11-4-5-13(17-3)12(14)10-11/h4-5,10,15H,6-9H2,1-3H3. The van der Waals surface area contributed by atoms with Gasteiger partial charge in [-0.2, -0.15) is 0 Å². The molecule has 0 radical (unpaired) electrons. The van der Waals surface area contributed by atoms with Gasteiger partial charge in [0.2, 0.25) is 0 Å². The van der Waals surface area contributed by atoms with Gasteiger partial charge in [-0.15, -0.1) is 0 Å². The van der Waals surface area contributed by atoms with Gasteiger partial charge >= 0.3 is 0 Å². The smallest absolute Gasteiger partial charge is 0.165 e. The molecule has 1 rings (SSSR count). The number of rotatable bonds is 7. The lowest BCUT2D eigenvalue weighted by atomic mass is 10.1. The minimum absolute atomic E-state index is 0.289. The maximum atomic E-state index is 13.4.